The van der Waals surface area contributed by atoms with Gasteiger partial charge in [-0.3, -0.25) is 0 Å². The Morgan fingerprint density at radius 1 is 1.21 bits per heavy atom. The van der Waals surface area contributed by atoms with Crippen molar-refractivity contribution >= 4 is 0 Å². The molecule has 1 aliphatic carbocycles. The molecule has 0 heterocycles. The van der Waals surface area contributed by atoms with E-state index >= 15 is 0 Å². The summed E-state index contributed by atoms with van der Waals surface area (Å²) in [6.45, 7) is 1.04. The average Bonchev–Trinajstić information content (AvgIpc) is 2.31. The third kappa shape index (κ3) is 3.62. The second-order valence-corrected chi connectivity index (χ2v) is 5.02. The van der Waals surface area contributed by atoms with Gasteiger partial charge in [-0.15, -0.1) is 0 Å². The van der Waals surface area contributed by atoms with E-state index in [-0.39, 0.29) is 0 Å². The lowest BCUT2D eigenvalue weighted by Gasteiger charge is -2.32. The number of alkyl halides is 3. The first-order valence-corrected chi connectivity index (χ1v) is 6.51. The SMILES string of the molecule is NCC(COc1ccc(C(F)(F)F)cc1)C1CCC1. The molecule has 0 aromatic heterocycles. The van der Waals surface area contributed by atoms with Crippen LogP contribution in [0.5, 0.6) is 5.75 Å². The average molecular weight is 273 g/mol. The van der Waals surface area contributed by atoms with Crippen LogP contribution >= 0.6 is 0 Å². The summed E-state index contributed by atoms with van der Waals surface area (Å²) in [6.07, 6.45) is -0.706. The molecule has 5 heteroatoms. The van der Waals surface area contributed by atoms with Crippen molar-refractivity contribution in [1.29, 1.82) is 0 Å². The predicted molar refractivity (Wildman–Crippen MR) is 66.8 cm³/mol. The highest BCUT2D eigenvalue weighted by Gasteiger charge is 2.30. The van der Waals surface area contributed by atoms with Gasteiger partial charge in [-0.1, -0.05) is 6.42 Å². The molecule has 0 saturated heterocycles. The summed E-state index contributed by atoms with van der Waals surface area (Å²) >= 11 is 0. The highest BCUT2D eigenvalue weighted by Crippen LogP contribution is 2.34. The van der Waals surface area contributed by atoms with E-state index in [1.54, 1.807) is 0 Å². The first-order valence-electron chi connectivity index (χ1n) is 6.51. The van der Waals surface area contributed by atoms with E-state index in [0.29, 0.717) is 30.7 Å². The number of halogens is 3. The van der Waals surface area contributed by atoms with Crippen molar-refractivity contribution < 1.29 is 17.9 Å². The molecule has 19 heavy (non-hydrogen) atoms. The summed E-state index contributed by atoms with van der Waals surface area (Å²) in [5.41, 5.74) is 5.04. The Morgan fingerprint density at radius 2 is 1.84 bits per heavy atom. The molecule has 2 rings (SSSR count). The Morgan fingerprint density at radius 3 is 2.26 bits per heavy atom. The minimum atomic E-state index is -4.30. The number of nitrogens with two attached hydrogens (primary N) is 1. The molecule has 1 atom stereocenters. The first-order chi connectivity index (χ1) is 9.00. The lowest BCUT2D eigenvalue weighted by Crippen LogP contribution is -2.32. The summed E-state index contributed by atoms with van der Waals surface area (Å²) in [7, 11) is 0. The summed E-state index contributed by atoms with van der Waals surface area (Å²) < 4.78 is 42.7. The summed E-state index contributed by atoms with van der Waals surface area (Å²) in [4.78, 5) is 0. The standard InChI is InChI=1S/C14H18F3NO/c15-14(16,17)12-4-6-13(7-5-12)19-9-11(8-18)10-2-1-3-10/h4-7,10-11H,1-3,8-9,18H2. The van der Waals surface area contributed by atoms with Crippen LogP contribution in [0.3, 0.4) is 0 Å². The molecular formula is C14H18F3NO. The van der Waals surface area contributed by atoms with Gasteiger partial charge in [0, 0.05) is 5.92 Å². The van der Waals surface area contributed by atoms with E-state index < -0.39 is 11.7 Å². The van der Waals surface area contributed by atoms with Gasteiger partial charge in [0.25, 0.3) is 0 Å². The number of hydrogen-bond donors (Lipinski definition) is 1. The van der Waals surface area contributed by atoms with Crippen molar-refractivity contribution in [2.45, 2.75) is 25.4 Å². The number of benzene rings is 1. The fourth-order valence-electron chi connectivity index (χ4n) is 2.25. The van der Waals surface area contributed by atoms with Gasteiger partial charge in [0.2, 0.25) is 0 Å². The fraction of sp³-hybridized carbons (Fsp3) is 0.571. The van der Waals surface area contributed by atoms with Crippen LogP contribution in [0.1, 0.15) is 24.8 Å². The molecule has 0 spiro atoms. The predicted octanol–water partition coefficient (Wildman–Crippen LogP) is 3.46. The Labute approximate surface area is 110 Å². The number of ether oxygens (including phenoxy) is 1. The Hall–Kier alpha value is -1.23. The normalized spacial score (nSPS) is 17.9. The van der Waals surface area contributed by atoms with E-state index in [0.717, 1.165) is 12.1 Å². The molecule has 1 aromatic carbocycles. The Kier molecular flexibility index (Phi) is 4.34. The van der Waals surface area contributed by atoms with Crippen LogP contribution in [0.15, 0.2) is 24.3 Å². The van der Waals surface area contributed by atoms with Gasteiger partial charge in [0.15, 0.2) is 0 Å². The summed E-state index contributed by atoms with van der Waals surface area (Å²) in [5.74, 6) is 1.38. The largest absolute Gasteiger partial charge is 0.493 e. The zero-order valence-corrected chi connectivity index (χ0v) is 10.6. The molecule has 1 fully saturated rings. The molecule has 0 radical (unpaired) electrons. The lowest BCUT2D eigenvalue weighted by atomic mass is 9.76. The molecule has 106 valence electrons. The van der Waals surface area contributed by atoms with E-state index in [1.807, 2.05) is 0 Å². The third-order valence-corrected chi connectivity index (χ3v) is 3.76. The van der Waals surface area contributed by atoms with Crippen LogP contribution in [0, 0.1) is 11.8 Å². The molecular weight excluding hydrogens is 255 g/mol. The second kappa shape index (κ2) is 5.82. The topological polar surface area (TPSA) is 35.2 Å². The number of rotatable bonds is 5. The minimum absolute atomic E-state index is 0.302. The van der Waals surface area contributed by atoms with Gasteiger partial charge in [0.05, 0.1) is 12.2 Å². The van der Waals surface area contributed by atoms with E-state index in [1.165, 1.54) is 31.4 Å². The van der Waals surface area contributed by atoms with Gasteiger partial charge >= 0.3 is 6.18 Å². The van der Waals surface area contributed by atoms with E-state index in [2.05, 4.69) is 0 Å². The second-order valence-electron chi connectivity index (χ2n) is 5.02. The van der Waals surface area contributed by atoms with Gasteiger partial charge < -0.3 is 10.5 Å². The maximum atomic E-state index is 12.4. The maximum absolute atomic E-state index is 12.4. The van der Waals surface area contributed by atoms with E-state index in [4.69, 9.17) is 10.5 Å². The van der Waals surface area contributed by atoms with Crippen molar-refractivity contribution in [2.75, 3.05) is 13.2 Å². The first kappa shape index (κ1) is 14.2. The third-order valence-electron chi connectivity index (χ3n) is 3.76. The smallest absolute Gasteiger partial charge is 0.416 e. The fourth-order valence-corrected chi connectivity index (χ4v) is 2.25. The van der Waals surface area contributed by atoms with Crippen LogP contribution in [0.25, 0.3) is 0 Å². The highest BCUT2D eigenvalue weighted by molar-refractivity contribution is 5.28. The van der Waals surface area contributed by atoms with Crippen LogP contribution < -0.4 is 10.5 Å². The Bertz CT molecular complexity index is 398. The van der Waals surface area contributed by atoms with Gasteiger partial charge in [-0.25, -0.2) is 0 Å². The zero-order chi connectivity index (χ0) is 13.9. The van der Waals surface area contributed by atoms with Crippen LogP contribution in [-0.2, 0) is 6.18 Å². The lowest BCUT2D eigenvalue weighted by molar-refractivity contribution is -0.137. The summed E-state index contributed by atoms with van der Waals surface area (Å²) in [6, 6.07) is 4.79. The van der Waals surface area contributed by atoms with Crippen LogP contribution in [0.4, 0.5) is 13.2 Å². The van der Waals surface area contributed by atoms with Crippen molar-refractivity contribution in [3.05, 3.63) is 29.8 Å². The molecule has 2 nitrogen and oxygen atoms in total. The quantitative estimate of drug-likeness (QED) is 0.891. The van der Waals surface area contributed by atoms with Gasteiger partial charge in [-0.05, 0) is 49.6 Å². The number of hydrogen-bond acceptors (Lipinski definition) is 2. The monoisotopic (exact) mass is 273 g/mol. The van der Waals surface area contributed by atoms with E-state index in [9.17, 15) is 13.2 Å². The van der Waals surface area contributed by atoms with Crippen molar-refractivity contribution in [2.24, 2.45) is 17.6 Å². The van der Waals surface area contributed by atoms with Crippen molar-refractivity contribution in [3.8, 4) is 5.75 Å². The van der Waals surface area contributed by atoms with Crippen molar-refractivity contribution in [1.82, 2.24) is 0 Å². The van der Waals surface area contributed by atoms with Crippen molar-refractivity contribution in [3.63, 3.8) is 0 Å². The zero-order valence-electron chi connectivity index (χ0n) is 10.6. The Balaban J connectivity index is 1.88. The molecule has 0 amide bonds. The van der Waals surface area contributed by atoms with Crippen LogP contribution in [-0.4, -0.2) is 13.2 Å². The minimum Gasteiger partial charge on any atom is -0.493 e. The molecule has 1 unspecified atom stereocenters. The molecule has 0 bridgehead atoms. The van der Waals surface area contributed by atoms with Gasteiger partial charge in [0.1, 0.15) is 5.75 Å². The molecule has 0 aliphatic heterocycles. The maximum Gasteiger partial charge on any atom is 0.416 e. The molecule has 1 aliphatic rings. The highest BCUT2D eigenvalue weighted by atomic mass is 19.4. The van der Waals surface area contributed by atoms with Gasteiger partial charge in [-0.2, -0.15) is 13.2 Å². The summed E-state index contributed by atoms with van der Waals surface area (Å²) in [5, 5.41) is 0. The molecule has 2 N–H and O–H groups in total. The van der Waals surface area contributed by atoms with Crippen LogP contribution in [0.2, 0.25) is 0 Å². The molecule has 1 aromatic rings. The molecule has 1 saturated carbocycles.